The minimum Gasteiger partial charge on any atom is -0.383 e. The average Bonchev–Trinajstić information content (AvgIpc) is 2.41. The molecular weight excluding hydrogens is 384 g/mol. The number of halogens is 2. The zero-order valence-corrected chi connectivity index (χ0v) is 15.2. The van der Waals surface area contributed by atoms with Crippen LogP contribution in [-0.2, 0) is 11.2 Å². The van der Waals surface area contributed by atoms with Gasteiger partial charge in [-0.15, -0.1) is 24.0 Å². The van der Waals surface area contributed by atoms with E-state index in [1.165, 1.54) is 12.1 Å². The predicted molar refractivity (Wildman–Crippen MR) is 96.0 cm³/mol. The number of ether oxygens (including phenoxy) is 1. The summed E-state index contributed by atoms with van der Waals surface area (Å²) in [4.78, 5) is 4.50. The molecule has 0 aliphatic heterocycles. The Balaban J connectivity index is 0.00000400. The molecule has 1 atom stereocenters. The molecule has 0 spiro atoms. The summed E-state index contributed by atoms with van der Waals surface area (Å²) >= 11 is 0. The Morgan fingerprint density at radius 2 is 2.00 bits per heavy atom. The summed E-state index contributed by atoms with van der Waals surface area (Å²) in [6.45, 7) is 6.15. The first-order chi connectivity index (χ1) is 9.65. The number of aliphatic imine (C=N–C) groups is 1. The molecule has 0 bridgehead atoms. The smallest absolute Gasteiger partial charge is 0.191 e. The zero-order valence-electron chi connectivity index (χ0n) is 12.9. The number of methoxy groups -OCH3 is 1. The van der Waals surface area contributed by atoms with Crippen molar-refractivity contribution in [3.8, 4) is 0 Å². The van der Waals surface area contributed by atoms with Crippen LogP contribution in [-0.4, -0.2) is 38.8 Å². The largest absolute Gasteiger partial charge is 0.383 e. The van der Waals surface area contributed by atoms with Gasteiger partial charge in [0.1, 0.15) is 5.82 Å². The molecule has 1 aromatic rings. The molecule has 0 saturated carbocycles. The molecule has 6 heteroatoms. The summed E-state index contributed by atoms with van der Waals surface area (Å²) in [5, 5.41) is 6.46. The Kier molecular flexibility index (Phi) is 11.2. The number of guanidine groups is 1. The van der Waals surface area contributed by atoms with Crippen molar-refractivity contribution in [2.75, 3.05) is 26.8 Å². The lowest BCUT2D eigenvalue weighted by molar-refractivity contribution is 0.179. The number of nitrogens with one attached hydrogen (secondary N) is 2. The standard InChI is InChI=1S/C15H24FN3O.HI/c1-4-17-15(19-12(2)11-20-3)18-10-9-13-5-7-14(16)8-6-13;/h5-8,12H,4,9-11H2,1-3H3,(H2,17,18,19);1H. The van der Waals surface area contributed by atoms with E-state index in [0.717, 1.165) is 24.5 Å². The van der Waals surface area contributed by atoms with Gasteiger partial charge in [-0.25, -0.2) is 4.39 Å². The van der Waals surface area contributed by atoms with Crippen LogP contribution in [0, 0.1) is 5.82 Å². The van der Waals surface area contributed by atoms with Crippen molar-refractivity contribution in [1.29, 1.82) is 0 Å². The molecule has 4 nitrogen and oxygen atoms in total. The van der Waals surface area contributed by atoms with E-state index < -0.39 is 0 Å². The number of hydrogen-bond donors (Lipinski definition) is 2. The first-order valence-corrected chi connectivity index (χ1v) is 6.94. The molecule has 0 aliphatic carbocycles. The quantitative estimate of drug-likeness (QED) is 0.414. The number of rotatable bonds is 7. The second kappa shape index (κ2) is 11.7. The molecule has 21 heavy (non-hydrogen) atoms. The van der Waals surface area contributed by atoms with E-state index in [4.69, 9.17) is 4.74 Å². The lowest BCUT2D eigenvalue weighted by Gasteiger charge is -2.16. The molecule has 0 heterocycles. The lowest BCUT2D eigenvalue weighted by atomic mass is 10.1. The molecule has 0 amide bonds. The highest BCUT2D eigenvalue weighted by Crippen LogP contribution is 2.03. The van der Waals surface area contributed by atoms with Gasteiger partial charge in [0, 0.05) is 26.2 Å². The van der Waals surface area contributed by atoms with Gasteiger partial charge >= 0.3 is 0 Å². The molecule has 1 aromatic carbocycles. The van der Waals surface area contributed by atoms with E-state index in [2.05, 4.69) is 15.6 Å². The monoisotopic (exact) mass is 409 g/mol. The van der Waals surface area contributed by atoms with Gasteiger partial charge in [-0.05, 0) is 38.0 Å². The summed E-state index contributed by atoms with van der Waals surface area (Å²) in [5.41, 5.74) is 1.08. The maximum Gasteiger partial charge on any atom is 0.191 e. The normalized spacial score (nSPS) is 12.5. The molecule has 2 N–H and O–H groups in total. The topological polar surface area (TPSA) is 45.7 Å². The van der Waals surface area contributed by atoms with Gasteiger partial charge in [0.05, 0.1) is 6.61 Å². The van der Waals surface area contributed by atoms with Crippen LogP contribution in [0.4, 0.5) is 4.39 Å². The Bertz CT molecular complexity index is 412. The summed E-state index contributed by atoms with van der Waals surface area (Å²) in [6.07, 6.45) is 0.787. The Morgan fingerprint density at radius 1 is 1.33 bits per heavy atom. The fourth-order valence-electron chi connectivity index (χ4n) is 1.79. The molecule has 0 fully saturated rings. The SMILES string of the molecule is CCNC(=NCCc1ccc(F)cc1)NC(C)COC.I. The van der Waals surface area contributed by atoms with Crippen LogP contribution < -0.4 is 10.6 Å². The van der Waals surface area contributed by atoms with Crippen molar-refractivity contribution in [2.45, 2.75) is 26.3 Å². The Morgan fingerprint density at radius 3 is 2.57 bits per heavy atom. The van der Waals surface area contributed by atoms with Crippen molar-refractivity contribution >= 4 is 29.9 Å². The van der Waals surface area contributed by atoms with Crippen LogP contribution in [0.15, 0.2) is 29.3 Å². The van der Waals surface area contributed by atoms with Crippen molar-refractivity contribution in [1.82, 2.24) is 10.6 Å². The summed E-state index contributed by atoms with van der Waals surface area (Å²) < 4.78 is 17.9. The highest BCUT2D eigenvalue weighted by atomic mass is 127. The third-order valence-electron chi connectivity index (χ3n) is 2.73. The predicted octanol–water partition coefficient (Wildman–Crippen LogP) is 2.58. The van der Waals surface area contributed by atoms with Crippen molar-refractivity contribution < 1.29 is 9.13 Å². The average molecular weight is 409 g/mol. The van der Waals surface area contributed by atoms with Gasteiger partial charge in [-0.1, -0.05) is 12.1 Å². The van der Waals surface area contributed by atoms with Crippen LogP contribution in [0.5, 0.6) is 0 Å². The number of hydrogen-bond acceptors (Lipinski definition) is 2. The van der Waals surface area contributed by atoms with Gasteiger partial charge in [0.2, 0.25) is 0 Å². The van der Waals surface area contributed by atoms with Gasteiger partial charge in [0.15, 0.2) is 5.96 Å². The van der Waals surface area contributed by atoms with Gasteiger partial charge < -0.3 is 15.4 Å². The molecule has 1 unspecified atom stereocenters. The third kappa shape index (κ3) is 8.87. The van der Waals surface area contributed by atoms with E-state index in [0.29, 0.717) is 13.2 Å². The number of nitrogens with zero attached hydrogens (tertiary/aromatic N) is 1. The van der Waals surface area contributed by atoms with Gasteiger partial charge in [-0.2, -0.15) is 0 Å². The molecule has 0 aliphatic rings. The highest BCUT2D eigenvalue weighted by molar-refractivity contribution is 14.0. The number of benzene rings is 1. The molecule has 1 rings (SSSR count). The first kappa shape index (κ1) is 20.1. The summed E-state index contributed by atoms with van der Waals surface area (Å²) in [5.74, 6) is 0.569. The minimum atomic E-state index is -0.208. The van der Waals surface area contributed by atoms with Crippen molar-refractivity contribution in [2.24, 2.45) is 4.99 Å². The van der Waals surface area contributed by atoms with Crippen LogP contribution in [0.3, 0.4) is 0 Å². The second-order valence-electron chi connectivity index (χ2n) is 4.64. The van der Waals surface area contributed by atoms with E-state index in [9.17, 15) is 4.39 Å². The molecule has 0 aromatic heterocycles. The maximum atomic E-state index is 12.8. The van der Waals surface area contributed by atoms with Crippen LogP contribution in [0.2, 0.25) is 0 Å². The third-order valence-corrected chi connectivity index (χ3v) is 2.73. The fraction of sp³-hybridized carbons (Fsp3) is 0.533. The Hall–Kier alpha value is -0.890. The van der Waals surface area contributed by atoms with Crippen LogP contribution >= 0.6 is 24.0 Å². The fourth-order valence-corrected chi connectivity index (χ4v) is 1.79. The summed E-state index contributed by atoms with van der Waals surface area (Å²) in [6, 6.07) is 6.73. The van der Waals surface area contributed by atoms with Crippen molar-refractivity contribution in [3.05, 3.63) is 35.6 Å². The lowest BCUT2D eigenvalue weighted by Crippen LogP contribution is -2.44. The van der Waals surface area contributed by atoms with Crippen molar-refractivity contribution in [3.63, 3.8) is 0 Å². The highest BCUT2D eigenvalue weighted by Gasteiger charge is 2.04. The van der Waals surface area contributed by atoms with Gasteiger partial charge in [0.25, 0.3) is 0 Å². The van der Waals surface area contributed by atoms with Crippen LogP contribution in [0.25, 0.3) is 0 Å². The first-order valence-electron chi connectivity index (χ1n) is 6.94. The van der Waals surface area contributed by atoms with E-state index in [1.807, 2.05) is 13.8 Å². The van der Waals surface area contributed by atoms with E-state index in [1.54, 1.807) is 19.2 Å². The molecule has 120 valence electrons. The Labute approximate surface area is 143 Å². The minimum absolute atomic E-state index is 0. The van der Waals surface area contributed by atoms with Gasteiger partial charge in [-0.3, -0.25) is 4.99 Å². The molecule has 0 saturated heterocycles. The maximum absolute atomic E-state index is 12.8. The van der Waals surface area contributed by atoms with Crippen LogP contribution in [0.1, 0.15) is 19.4 Å². The van der Waals surface area contributed by atoms with E-state index in [-0.39, 0.29) is 35.8 Å². The summed E-state index contributed by atoms with van der Waals surface area (Å²) in [7, 11) is 1.68. The van der Waals surface area contributed by atoms with E-state index >= 15 is 0 Å². The molecule has 0 radical (unpaired) electrons. The zero-order chi connectivity index (χ0) is 14.8. The second-order valence-corrected chi connectivity index (χ2v) is 4.64. The molecular formula is C15H25FIN3O.